The van der Waals surface area contributed by atoms with Crippen LogP contribution in [0.5, 0.6) is 0 Å². The second-order valence-electron chi connectivity index (χ2n) is 5.15. The number of benzene rings is 1. The van der Waals surface area contributed by atoms with E-state index in [1.54, 1.807) is 0 Å². The molecule has 1 aromatic rings. The van der Waals surface area contributed by atoms with Crippen LogP contribution >= 0.6 is 0 Å². The van der Waals surface area contributed by atoms with E-state index in [1.165, 1.54) is 24.1 Å². The smallest absolute Gasteiger partial charge is 0.155 e. The summed E-state index contributed by atoms with van der Waals surface area (Å²) in [6.07, 6.45) is 5.22. The third kappa shape index (κ3) is 2.74. The molecular formula is C16H23NO. The molecule has 0 spiro atoms. The first-order valence-corrected chi connectivity index (χ1v) is 7.09. The van der Waals surface area contributed by atoms with Crippen molar-refractivity contribution in [2.24, 2.45) is 0 Å². The highest BCUT2D eigenvalue weighted by Crippen LogP contribution is 2.26. The molecule has 1 aliphatic carbocycles. The third-order valence-electron chi connectivity index (χ3n) is 3.91. The van der Waals surface area contributed by atoms with Crippen molar-refractivity contribution >= 4 is 11.5 Å². The van der Waals surface area contributed by atoms with Crippen LogP contribution in [0.3, 0.4) is 0 Å². The van der Waals surface area contributed by atoms with Gasteiger partial charge in [-0.3, -0.25) is 4.79 Å². The van der Waals surface area contributed by atoms with Crippen molar-refractivity contribution in [3.8, 4) is 0 Å². The highest BCUT2D eigenvalue weighted by Gasteiger charge is 2.26. The van der Waals surface area contributed by atoms with Crippen LogP contribution < -0.4 is 4.90 Å². The lowest BCUT2D eigenvalue weighted by Gasteiger charge is -2.32. The van der Waals surface area contributed by atoms with Crippen molar-refractivity contribution in [1.82, 2.24) is 0 Å². The van der Waals surface area contributed by atoms with Gasteiger partial charge in [-0.05, 0) is 38.3 Å². The lowest BCUT2D eigenvalue weighted by molar-refractivity contribution is -0.120. The van der Waals surface area contributed by atoms with Gasteiger partial charge in [-0.2, -0.15) is 0 Å². The van der Waals surface area contributed by atoms with Crippen molar-refractivity contribution in [3.05, 3.63) is 29.8 Å². The first-order valence-electron chi connectivity index (χ1n) is 7.09. The number of Topliss-reactive ketones (excluding diaryl/α,β-unsaturated/α-hetero) is 1. The van der Waals surface area contributed by atoms with Gasteiger partial charge in [-0.1, -0.05) is 31.0 Å². The highest BCUT2D eigenvalue weighted by atomic mass is 16.1. The van der Waals surface area contributed by atoms with Gasteiger partial charge in [0.05, 0.1) is 6.04 Å². The van der Waals surface area contributed by atoms with Crippen LogP contribution in [0.2, 0.25) is 0 Å². The number of aryl methyl sites for hydroxylation is 1. The minimum atomic E-state index is 0.0959. The molecule has 0 amide bonds. The van der Waals surface area contributed by atoms with Gasteiger partial charge < -0.3 is 4.90 Å². The number of para-hydroxylation sites is 1. The van der Waals surface area contributed by atoms with Gasteiger partial charge in [0.1, 0.15) is 0 Å². The van der Waals surface area contributed by atoms with E-state index >= 15 is 0 Å². The van der Waals surface area contributed by atoms with Gasteiger partial charge in [0, 0.05) is 18.7 Å². The van der Waals surface area contributed by atoms with Crippen LogP contribution in [-0.2, 0) is 4.79 Å². The Balaban J connectivity index is 2.27. The largest absolute Gasteiger partial charge is 0.362 e. The third-order valence-corrected chi connectivity index (χ3v) is 3.91. The standard InChI is InChI=1S/C16H23NO/c1-3-17(14-10-8-7-9-13(14)2)15-11-5-4-6-12-16(15)18/h7-10,15H,3-6,11-12H2,1-2H3. The van der Waals surface area contributed by atoms with E-state index in [1.807, 2.05) is 0 Å². The second kappa shape index (κ2) is 6.03. The van der Waals surface area contributed by atoms with Crippen molar-refractivity contribution in [1.29, 1.82) is 0 Å². The van der Waals surface area contributed by atoms with Crippen molar-refractivity contribution in [3.63, 3.8) is 0 Å². The van der Waals surface area contributed by atoms with Crippen molar-refractivity contribution < 1.29 is 4.79 Å². The summed E-state index contributed by atoms with van der Waals surface area (Å²) in [7, 11) is 0. The lowest BCUT2D eigenvalue weighted by atomic mass is 10.0. The fourth-order valence-corrected chi connectivity index (χ4v) is 2.92. The number of anilines is 1. The average Bonchev–Trinajstić information content (AvgIpc) is 2.58. The summed E-state index contributed by atoms with van der Waals surface area (Å²) in [4.78, 5) is 14.6. The van der Waals surface area contributed by atoms with E-state index in [0.29, 0.717) is 5.78 Å². The molecule has 0 radical (unpaired) electrons. The second-order valence-corrected chi connectivity index (χ2v) is 5.15. The van der Waals surface area contributed by atoms with Gasteiger partial charge in [-0.25, -0.2) is 0 Å². The first kappa shape index (κ1) is 13.1. The molecule has 2 heteroatoms. The number of hydrogen-bond acceptors (Lipinski definition) is 2. The summed E-state index contributed by atoms with van der Waals surface area (Å²) in [5.74, 6) is 0.428. The maximum absolute atomic E-state index is 12.3. The molecule has 18 heavy (non-hydrogen) atoms. The van der Waals surface area contributed by atoms with Gasteiger partial charge in [0.25, 0.3) is 0 Å². The minimum Gasteiger partial charge on any atom is -0.362 e. The Morgan fingerprint density at radius 2 is 2.00 bits per heavy atom. The monoisotopic (exact) mass is 245 g/mol. The molecule has 2 nitrogen and oxygen atoms in total. The normalized spacial score (nSPS) is 20.6. The van der Waals surface area contributed by atoms with Crippen LogP contribution in [0.1, 0.15) is 44.6 Å². The SMILES string of the molecule is CCN(c1ccccc1C)C1CCCCCC1=O. The van der Waals surface area contributed by atoms with Gasteiger partial charge in [0.15, 0.2) is 5.78 Å². The molecular weight excluding hydrogens is 222 g/mol. The summed E-state index contributed by atoms with van der Waals surface area (Å²) in [6.45, 7) is 5.17. The molecule has 0 N–H and O–H groups in total. The van der Waals surface area contributed by atoms with Crippen LogP contribution in [-0.4, -0.2) is 18.4 Å². The number of carbonyl (C=O) groups is 1. The molecule has 98 valence electrons. The molecule has 0 heterocycles. The number of nitrogens with zero attached hydrogens (tertiary/aromatic N) is 1. The Bertz CT molecular complexity index is 413. The number of carbonyl (C=O) groups excluding carboxylic acids is 1. The topological polar surface area (TPSA) is 20.3 Å². The molecule has 1 saturated carbocycles. The molecule has 1 unspecified atom stereocenters. The van der Waals surface area contributed by atoms with Gasteiger partial charge in [-0.15, -0.1) is 0 Å². The zero-order valence-corrected chi connectivity index (χ0v) is 11.5. The Morgan fingerprint density at radius 1 is 1.22 bits per heavy atom. The Hall–Kier alpha value is -1.31. The first-order chi connectivity index (χ1) is 8.74. The summed E-state index contributed by atoms with van der Waals surface area (Å²) in [5, 5.41) is 0. The molecule has 0 aliphatic heterocycles. The van der Waals surface area contributed by atoms with Gasteiger partial charge >= 0.3 is 0 Å². The lowest BCUT2D eigenvalue weighted by Crippen LogP contribution is -2.41. The Labute approximate surface area is 110 Å². The number of hydrogen-bond donors (Lipinski definition) is 0. The maximum Gasteiger partial charge on any atom is 0.155 e. The predicted molar refractivity (Wildman–Crippen MR) is 76.1 cm³/mol. The van der Waals surface area contributed by atoms with E-state index in [-0.39, 0.29) is 6.04 Å². The molecule has 1 aliphatic rings. The zero-order chi connectivity index (χ0) is 13.0. The summed E-state index contributed by atoms with van der Waals surface area (Å²) < 4.78 is 0. The molecule has 0 bridgehead atoms. The van der Waals surface area contributed by atoms with E-state index in [4.69, 9.17) is 0 Å². The summed E-state index contributed by atoms with van der Waals surface area (Å²) >= 11 is 0. The quantitative estimate of drug-likeness (QED) is 0.756. The predicted octanol–water partition coefficient (Wildman–Crippen LogP) is 3.72. The summed E-state index contributed by atoms with van der Waals surface area (Å²) in [5.41, 5.74) is 2.48. The van der Waals surface area contributed by atoms with Gasteiger partial charge in [0.2, 0.25) is 0 Å². The van der Waals surface area contributed by atoms with Crippen LogP contribution in [0, 0.1) is 6.92 Å². The Kier molecular flexibility index (Phi) is 4.40. The molecule has 0 saturated heterocycles. The van der Waals surface area contributed by atoms with E-state index in [2.05, 4.69) is 43.0 Å². The van der Waals surface area contributed by atoms with Crippen molar-refractivity contribution in [2.45, 2.75) is 52.0 Å². The molecule has 2 rings (SSSR count). The van der Waals surface area contributed by atoms with E-state index in [9.17, 15) is 4.79 Å². The number of rotatable bonds is 3. The summed E-state index contributed by atoms with van der Waals surface area (Å²) in [6, 6.07) is 8.47. The zero-order valence-electron chi connectivity index (χ0n) is 11.5. The number of likely N-dealkylation sites (N-methyl/N-ethyl adjacent to an activating group) is 1. The van der Waals surface area contributed by atoms with E-state index in [0.717, 1.165) is 25.8 Å². The number of ketones is 1. The van der Waals surface area contributed by atoms with Crippen molar-refractivity contribution in [2.75, 3.05) is 11.4 Å². The van der Waals surface area contributed by atoms with Crippen LogP contribution in [0.25, 0.3) is 0 Å². The molecule has 1 aromatic carbocycles. The fraction of sp³-hybridized carbons (Fsp3) is 0.562. The van der Waals surface area contributed by atoms with E-state index < -0.39 is 0 Å². The van der Waals surface area contributed by atoms with Crippen LogP contribution in [0.4, 0.5) is 5.69 Å². The Morgan fingerprint density at radius 3 is 2.72 bits per heavy atom. The molecule has 1 fully saturated rings. The maximum atomic E-state index is 12.3. The van der Waals surface area contributed by atoms with Crippen LogP contribution in [0.15, 0.2) is 24.3 Å². The fourth-order valence-electron chi connectivity index (χ4n) is 2.92. The highest BCUT2D eigenvalue weighted by molar-refractivity contribution is 5.87. The average molecular weight is 245 g/mol. The molecule has 1 atom stereocenters. The minimum absolute atomic E-state index is 0.0959. The molecule has 0 aromatic heterocycles.